The van der Waals surface area contributed by atoms with Crippen molar-refractivity contribution in [3.63, 3.8) is 0 Å². The molecule has 1 fully saturated rings. The van der Waals surface area contributed by atoms with E-state index in [-0.39, 0.29) is 17.7 Å². The molecule has 6 nitrogen and oxygen atoms in total. The third-order valence-corrected chi connectivity index (χ3v) is 8.37. The minimum Gasteiger partial charge on any atom is -0.349 e. The van der Waals surface area contributed by atoms with Crippen LogP contribution < -0.4 is 5.32 Å². The number of rotatable bonds is 6. The fourth-order valence-electron chi connectivity index (χ4n) is 3.45. The van der Waals surface area contributed by atoms with Crippen LogP contribution in [0, 0.1) is 13.8 Å². The molecule has 8 heteroatoms. The van der Waals surface area contributed by atoms with Crippen molar-refractivity contribution < 1.29 is 13.2 Å². The van der Waals surface area contributed by atoms with Gasteiger partial charge in [0.1, 0.15) is 5.00 Å². The molecule has 2 aromatic rings. The fraction of sp³-hybridized carbons (Fsp3) is 0.526. The van der Waals surface area contributed by atoms with E-state index in [4.69, 9.17) is 0 Å². The number of amides is 1. The van der Waals surface area contributed by atoms with E-state index in [0.29, 0.717) is 32.4 Å². The van der Waals surface area contributed by atoms with Crippen molar-refractivity contribution in [3.05, 3.63) is 40.5 Å². The molecule has 148 valence electrons. The highest BCUT2D eigenvalue weighted by Gasteiger charge is 2.29. The molecule has 0 radical (unpaired) electrons. The maximum Gasteiger partial charge on any atom is 0.254 e. The van der Waals surface area contributed by atoms with Crippen LogP contribution >= 0.6 is 11.3 Å². The zero-order chi connectivity index (χ0) is 19.6. The van der Waals surface area contributed by atoms with Crippen LogP contribution in [-0.2, 0) is 10.0 Å². The number of sulfonamides is 1. The standard InChI is InChI=1S/C19H27N3O3S2/c1-4-13-27(24,25)22-11-7-16(8-12-22)20-18(23)17-14(2)15(3)26-19(17)21-9-5-6-10-21/h5-6,9-10,16H,4,7-8,11-13H2,1-3H3,(H,20,23). The Hall–Kier alpha value is -1.64. The van der Waals surface area contributed by atoms with Crippen molar-refractivity contribution in [2.24, 2.45) is 0 Å². The number of aryl methyl sites for hydroxylation is 1. The highest BCUT2D eigenvalue weighted by Crippen LogP contribution is 2.31. The first-order valence-corrected chi connectivity index (χ1v) is 11.8. The number of thiophene rings is 1. The number of hydrogen-bond donors (Lipinski definition) is 1. The molecule has 1 N–H and O–H groups in total. The van der Waals surface area contributed by atoms with E-state index in [1.54, 1.807) is 15.6 Å². The van der Waals surface area contributed by atoms with Crippen LogP contribution in [0.25, 0.3) is 5.00 Å². The summed E-state index contributed by atoms with van der Waals surface area (Å²) in [5, 5.41) is 4.05. The maximum atomic E-state index is 13.0. The molecule has 1 aliphatic rings. The number of aromatic nitrogens is 1. The van der Waals surface area contributed by atoms with Crippen LogP contribution in [0.4, 0.5) is 0 Å². The topological polar surface area (TPSA) is 71.4 Å². The van der Waals surface area contributed by atoms with E-state index in [1.807, 2.05) is 49.9 Å². The van der Waals surface area contributed by atoms with Crippen LogP contribution in [0.1, 0.15) is 47.0 Å². The molecule has 3 rings (SSSR count). The lowest BCUT2D eigenvalue weighted by Crippen LogP contribution is -2.47. The van der Waals surface area contributed by atoms with Crippen molar-refractivity contribution >= 4 is 27.3 Å². The predicted octanol–water partition coefficient (Wildman–Crippen LogP) is 3.09. The molecular weight excluding hydrogens is 382 g/mol. The number of carbonyl (C=O) groups is 1. The number of hydrogen-bond acceptors (Lipinski definition) is 4. The van der Waals surface area contributed by atoms with Crippen LogP contribution in [0.2, 0.25) is 0 Å². The lowest BCUT2D eigenvalue weighted by Gasteiger charge is -2.31. The predicted molar refractivity (Wildman–Crippen MR) is 109 cm³/mol. The Labute approximate surface area is 165 Å². The molecule has 0 bridgehead atoms. The van der Waals surface area contributed by atoms with Crippen molar-refractivity contribution in [1.29, 1.82) is 0 Å². The van der Waals surface area contributed by atoms with E-state index < -0.39 is 10.0 Å². The minimum absolute atomic E-state index is 0.00250. The molecule has 1 amide bonds. The van der Waals surface area contributed by atoms with Gasteiger partial charge in [0.15, 0.2) is 0 Å². The zero-order valence-corrected chi connectivity index (χ0v) is 17.7. The first-order valence-electron chi connectivity index (χ1n) is 9.35. The maximum absolute atomic E-state index is 13.0. The van der Waals surface area contributed by atoms with E-state index in [0.717, 1.165) is 21.0 Å². The molecule has 0 unspecified atom stereocenters. The van der Waals surface area contributed by atoms with Crippen molar-refractivity contribution in [1.82, 2.24) is 14.2 Å². The van der Waals surface area contributed by atoms with Gasteiger partial charge in [0.05, 0.1) is 11.3 Å². The number of carbonyl (C=O) groups excluding carboxylic acids is 1. The smallest absolute Gasteiger partial charge is 0.254 e. The third-order valence-electron chi connectivity index (χ3n) is 5.08. The monoisotopic (exact) mass is 409 g/mol. The van der Waals surface area contributed by atoms with Gasteiger partial charge in [0.25, 0.3) is 5.91 Å². The highest BCUT2D eigenvalue weighted by atomic mass is 32.2. The Morgan fingerprint density at radius 1 is 1.22 bits per heavy atom. The second-order valence-electron chi connectivity index (χ2n) is 7.02. The van der Waals surface area contributed by atoms with Gasteiger partial charge in [-0.25, -0.2) is 12.7 Å². The molecule has 0 atom stereocenters. The summed E-state index contributed by atoms with van der Waals surface area (Å²) in [7, 11) is -3.16. The molecule has 0 aliphatic carbocycles. The molecule has 2 aromatic heterocycles. The minimum atomic E-state index is -3.16. The third kappa shape index (κ3) is 4.28. The summed E-state index contributed by atoms with van der Waals surface area (Å²) in [4.78, 5) is 14.1. The average molecular weight is 410 g/mol. The lowest BCUT2D eigenvalue weighted by atomic mass is 10.1. The summed E-state index contributed by atoms with van der Waals surface area (Å²) in [5.74, 6) is 0.118. The fourth-order valence-corrected chi connectivity index (χ4v) is 6.11. The van der Waals surface area contributed by atoms with E-state index >= 15 is 0 Å². The van der Waals surface area contributed by atoms with Gasteiger partial charge in [0.2, 0.25) is 10.0 Å². The summed E-state index contributed by atoms with van der Waals surface area (Å²) in [6.45, 7) is 6.82. The molecule has 1 saturated heterocycles. The number of nitrogens with zero attached hydrogens (tertiary/aromatic N) is 2. The number of piperidine rings is 1. The second-order valence-corrected chi connectivity index (χ2v) is 10.3. The SMILES string of the molecule is CCCS(=O)(=O)N1CCC(NC(=O)c2c(-n3cccc3)sc(C)c2C)CC1. The van der Waals surface area contributed by atoms with Crippen LogP contribution in [0.15, 0.2) is 24.5 Å². The second kappa shape index (κ2) is 8.16. The van der Waals surface area contributed by atoms with Crippen LogP contribution in [-0.4, -0.2) is 48.1 Å². The lowest BCUT2D eigenvalue weighted by molar-refractivity contribution is 0.0923. The molecule has 1 aliphatic heterocycles. The molecule has 0 saturated carbocycles. The van der Waals surface area contributed by atoms with Crippen LogP contribution in [0.5, 0.6) is 0 Å². The summed E-state index contributed by atoms with van der Waals surface area (Å²) < 4.78 is 27.9. The van der Waals surface area contributed by atoms with Gasteiger partial charge in [-0.1, -0.05) is 6.92 Å². The van der Waals surface area contributed by atoms with E-state index in [9.17, 15) is 13.2 Å². The molecule has 3 heterocycles. The van der Waals surface area contributed by atoms with Crippen molar-refractivity contribution in [2.45, 2.75) is 46.1 Å². The van der Waals surface area contributed by atoms with Crippen molar-refractivity contribution in [2.75, 3.05) is 18.8 Å². The normalized spacial score (nSPS) is 16.6. The summed E-state index contributed by atoms with van der Waals surface area (Å²) in [5.41, 5.74) is 1.72. The van der Waals surface area contributed by atoms with Gasteiger partial charge in [0, 0.05) is 36.4 Å². The molecule has 0 aromatic carbocycles. The average Bonchev–Trinajstić information content (AvgIpc) is 3.24. The summed E-state index contributed by atoms with van der Waals surface area (Å²) in [6.07, 6.45) is 5.81. The van der Waals surface area contributed by atoms with Gasteiger partial charge in [-0.3, -0.25) is 4.79 Å². The summed E-state index contributed by atoms with van der Waals surface area (Å²) in [6, 6.07) is 3.89. The highest BCUT2D eigenvalue weighted by molar-refractivity contribution is 7.89. The van der Waals surface area contributed by atoms with E-state index in [2.05, 4.69) is 5.32 Å². The van der Waals surface area contributed by atoms with Gasteiger partial charge in [-0.05, 0) is 50.8 Å². The Balaban J connectivity index is 1.69. The molecular formula is C19H27N3O3S2. The largest absolute Gasteiger partial charge is 0.349 e. The van der Waals surface area contributed by atoms with Gasteiger partial charge >= 0.3 is 0 Å². The molecule has 27 heavy (non-hydrogen) atoms. The van der Waals surface area contributed by atoms with Crippen LogP contribution in [0.3, 0.4) is 0 Å². The van der Waals surface area contributed by atoms with E-state index in [1.165, 1.54) is 0 Å². The molecule has 0 spiro atoms. The number of nitrogens with one attached hydrogen (secondary N) is 1. The first-order chi connectivity index (χ1) is 12.8. The Bertz CT molecular complexity index is 893. The Morgan fingerprint density at radius 2 is 1.85 bits per heavy atom. The summed E-state index contributed by atoms with van der Waals surface area (Å²) >= 11 is 1.61. The first kappa shape index (κ1) is 20.1. The Kier molecular flexibility index (Phi) is 6.08. The van der Waals surface area contributed by atoms with Gasteiger partial charge in [-0.15, -0.1) is 11.3 Å². The zero-order valence-electron chi connectivity index (χ0n) is 16.1. The van der Waals surface area contributed by atoms with Gasteiger partial charge < -0.3 is 9.88 Å². The Morgan fingerprint density at radius 3 is 2.44 bits per heavy atom. The van der Waals surface area contributed by atoms with Crippen molar-refractivity contribution in [3.8, 4) is 5.00 Å². The van der Waals surface area contributed by atoms with Gasteiger partial charge in [-0.2, -0.15) is 0 Å². The quantitative estimate of drug-likeness (QED) is 0.797.